The lowest BCUT2D eigenvalue weighted by Gasteiger charge is -2.34. The molecule has 0 aliphatic carbocycles. The van der Waals surface area contributed by atoms with Gasteiger partial charge < -0.3 is 9.84 Å². The molecule has 1 atom stereocenters. The molecule has 104 valence electrons. The van der Waals surface area contributed by atoms with Gasteiger partial charge in [-0.3, -0.25) is 4.79 Å². The number of hydrogen-bond donors (Lipinski definition) is 1. The van der Waals surface area contributed by atoms with Crippen molar-refractivity contribution in [2.75, 3.05) is 0 Å². The average Bonchev–Trinajstić information content (AvgIpc) is 2.25. The van der Waals surface area contributed by atoms with Gasteiger partial charge in [-0.1, -0.05) is 0 Å². The van der Waals surface area contributed by atoms with E-state index in [2.05, 4.69) is 0 Å². The predicted molar refractivity (Wildman–Crippen MR) is 69.1 cm³/mol. The smallest absolute Gasteiger partial charge is 0.307 e. The molecule has 1 unspecified atom stereocenters. The maximum absolute atomic E-state index is 11.2. The molecule has 0 radical (unpaired) electrons. The summed E-state index contributed by atoms with van der Waals surface area (Å²) >= 11 is 0. The van der Waals surface area contributed by atoms with Crippen molar-refractivity contribution in [3.8, 4) is 5.75 Å². The molecular formula is C12H13ClO5S. The average molecular weight is 305 g/mol. The second-order valence-corrected chi connectivity index (χ2v) is 7.40. The highest BCUT2D eigenvalue weighted by Crippen LogP contribution is 2.36. The molecule has 1 aromatic carbocycles. The molecule has 7 heteroatoms. The molecule has 19 heavy (non-hydrogen) atoms. The van der Waals surface area contributed by atoms with E-state index in [4.69, 9.17) is 20.5 Å². The minimum atomic E-state index is -3.76. The number of aryl methyl sites for hydroxylation is 1. The van der Waals surface area contributed by atoms with E-state index in [1.54, 1.807) is 6.92 Å². The van der Waals surface area contributed by atoms with Crippen LogP contribution in [0.2, 0.25) is 0 Å². The van der Waals surface area contributed by atoms with E-state index < -0.39 is 20.6 Å². The molecule has 1 aromatic rings. The minimum absolute atomic E-state index is 0.0263. The molecule has 1 aliphatic heterocycles. The first kappa shape index (κ1) is 14.1. The van der Waals surface area contributed by atoms with Gasteiger partial charge in [0.2, 0.25) is 0 Å². The van der Waals surface area contributed by atoms with Crippen LogP contribution in [0.1, 0.15) is 25.3 Å². The summed E-state index contributed by atoms with van der Waals surface area (Å²) in [5.74, 6) is -0.412. The third-order valence-electron chi connectivity index (χ3n) is 3.12. The molecule has 5 nitrogen and oxygen atoms in total. The summed E-state index contributed by atoms with van der Waals surface area (Å²) in [7, 11) is 1.52. The van der Waals surface area contributed by atoms with Gasteiger partial charge in [0.15, 0.2) is 0 Å². The lowest BCUT2D eigenvalue weighted by molar-refractivity contribution is -0.141. The maximum atomic E-state index is 11.2. The van der Waals surface area contributed by atoms with Crippen LogP contribution in [-0.4, -0.2) is 25.1 Å². The van der Waals surface area contributed by atoms with Gasteiger partial charge >= 0.3 is 5.97 Å². The molecule has 0 fully saturated rings. The third-order valence-corrected chi connectivity index (χ3v) is 4.47. The quantitative estimate of drug-likeness (QED) is 0.866. The van der Waals surface area contributed by atoms with E-state index in [-0.39, 0.29) is 11.3 Å². The summed E-state index contributed by atoms with van der Waals surface area (Å²) in [5.41, 5.74) is -0.0372. The van der Waals surface area contributed by atoms with Crippen LogP contribution in [0.5, 0.6) is 5.75 Å². The maximum Gasteiger partial charge on any atom is 0.307 e. The van der Waals surface area contributed by atoms with Crippen molar-refractivity contribution in [1.82, 2.24) is 0 Å². The van der Waals surface area contributed by atoms with Crippen molar-refractivity contribution in [2.24, 2.45) is 0 Å². The van der Waals surface area contributed by atoms with Gasteiger partial charge in [-0.2, -0.15) is 0 Å². The third kappa shape index (κ3) is 3.19. The van der Waals surface area contributed by atoms with E-state index in [1.165, 1.54) is 18.2 Å². The zero-order valence-electron chi connectivity index (χ0n) is 10.2. The van der Waals surface area contributed by atoms with Crippen LogP contribution >= 0.6 is 10.7 Å². The van der Waals surface area contributed by atoms with E-state index in [9.17, 15) is 13.2 Å². The second kappa shape index (κ2) is 4.68. The minimum Gasteiger partial charge on any atom is -0.487 e. The highest BCUT2D eigenvalue weighted by molar-refractivity contribution is 8.13. The summed E-state index contributed by atoms with van der Waals surface area (Å²) in [6.45, 7) is 1.73. The fourth-order valence-electron chi connectivity index (χ4n) is 2.16. The highest BCUT2D eigenvalue weighted by atomic mass is 35.7. The van der Waals surface area contributed by atoms with Crippen LogP contribution in [0.15, 0.2) is 23.1 Å². The fourth-order valence-corrected chi connectivity index (χ4v) is 2.96. The van der Waals surface area contributed by atoms with Crippen molar-refractivity contribution >= 4 is 25.7 Å². The number of rotatable bonds is 3. The Labute approximate surface area is 115 Å². The summed E-state index contributed by atoms with van der Waals surface area (Å²) < 4.78 is 28.2. The first-order valence-corrected chi connectivity index (χ1v) is 7.99. The SMILES string of the molecule is CC1(CC(=O)O)CCc2cc(S(=O)(=O)Cl)ccc2O1. The lowest BCUT2D eigenvalue weighted by Crippen LogP contribution is -2.38. The highest BCUT2D eigenvalue weighted by Gasteiger charge is 2.34. The Hall–Kier alpha value is -1.27. The van der Waals surface area contributed by atoms with Crippen molar-refractivity contribution in [2.45, 2.75) is 36.7 Å². The van der Waals surface area contributed by atoms with Gasteiger partial charge in [0.05, 0.1) is 11.3 Å². The van der Waals surface area contributed by atoms with Crippen LogP contribution in [0, 0.1) is 0 Å². The number of aliphatic carboxylic acids is 1. The molecule has 1 heterocycles. The number of carboxylic acids is 1. The number of fused-ring (bicyclic) bond motifs is 1. The molecule has 1 aliphatic rings. The fraction of sp³-hybridized carbons (Fsp3) is 0.417. The van der Waals surface area contributed by atoms with Gasteiger partial charge in [-0.15, -0.1) is 0 Å². The molecule has 0 bridgehead atoms. The number of carboxylic acid groups (broad SMARTS) is 1. The number of ether oxygens (including phenoxy) is 1. The van der Waals surface area contributed by atoms with Crippen LogP contribution < -0.4 is 4.74 Å². The lowest BCUT2D eigenvalue weighted by atomic mass is 9.90. The predicted octanol–water partition coefficient (Wildman–Crippen LogP) is 2.17. The zero-order valence-corrected chi connectivity index (χ0v) is 11.8. The first-order valence-electron chi connectivity index (χ1n) is 5.68. The number of halogens is 1. The number of hydrogen-bond acceptors (Lipinski definition) is 4. The van der Waals surface area contributed by atoms with Crippen molar-refractivity contribution in [3.63, 3.8) is 0 Å². The van der Waals surface area contributed by atoms with Crippen LogP contribution in [0.25, 0.3) is 0 Å². The molecule has 1 N–H and O–H groups in total. The van der Waals surface area contributed by atoms with Gasteiger partial charge in [0.1, 0.15) is 11.4 Å². The van der Waals surface area contributed by atoms with E-state index in [0.29, 0.717) is 18.6 Å². The van der Waals surface area contributed by atoms with E-state index in [1.807, 2.05) is 0 Å². The molecule has 2 rings (SSSR count). The van der Waals surface area contributed by atoms with Crippen LogP contribution in [0.4, 0.5) is 0 Å². The molecule has 0 aromatic heterocycles. The standard InChI is InChI=1S/C12H13ClO5S/c1-12(7-11(14)15)5-4-8-6-9(19(13,16)17)2-3-10(8)18-12/h2-3,6H,4-5,7H2,1H3,(H,14,15). The Kier molecular flexibility index (Phi) is 3.49. The van der Waals surface area contributed by atoms with E-state index >= 15 is 0 Å². The van der Waals surface area contributed by atoms with Gasteiger partial charge in [0.25, 0.3) is 9.05 Å². The Morgan fingerprint density at radius 1 is 1.53 bits per heavy atom. The summed E-state index contributed by atoms with van der Waals surface area (Å²) in [6.07, 6.45) is 0.972. The molecule has 0 saturated carbocycles. The van der Waals surface area contributed by atoms with Crippen LogP contribution in [-0.2, 0) is 20.3 Å². The first-order chi connectivity index (χ1) is 8.70. The molecule has 0 saturated heterocycles. The normalized spacial score (nSPS) is 22.4. The van der Waals surface area contributed by atoms with Gasteiger partial charge in [-0.05, 0) is 43.5 Å². The molecule has 0 amide bonds. The topological polar surface area (TPSA) is 80.7 Å². The monoisotopic (exact) mass is 304 g/mol. The van der Waals surface area contributed by atoms with Crippen molar-refractivity contribution < 1.29 is 23.1 Å². The Morgan fingerprint density at radius 3 is 2.79 bits per heavy atom. The van der Waals surface area contributed by atoms with Crippen molar-refractivity contribution in [3.05, 3.63) is 23.8 Å². The Balaban J connectivity index is 2.31. The summed E-state index contributed by atoms with van der Waals surface area (Å²) in [6, 6.07) is 4.34. The Bertz CT molecular complexity index is 625. The van der Waals surface area contributed by atoms with Crippen LogP contribution in [0.3, 0.4) is 0 Å². The second-order valence-electron chi connectivity index (χ2n) is 4.83. The summed E-state index contributed by atoms with van der Waals surface area (Å²) in [4.78, 5) is 10.8. The van der Waals surface area contributed by atoms with Crippen molar-refractivity contribution in [1.29, 1.82) is 0 Å². The largest absolute Gasteiger partial charge is 0.487 e. The van der Waals surface area contributed by atoms with Gasteiger partial charge in [0, 0.05) is 10.7 Å². The zero-order chi connectivity index (χ0) is 14.3. The summed E-state index contributed by atoms with van der Waals surface area (Å²) in [5, 5.41) is 8.85. The number of benzene rings is 1. The van der Waals surface area contributed by atoms with Gasteiger partial charge in [-0.25, -0.2) is 8.42 Å². The molecular weight excluding hydrogens is 292 g/mol. The Morgan fingerprint density at radius 2 is 2.21 bits per heavy atom. The number of carbonyl (C=O) groups is 1. The van der Waals surface area contributed by atoms with E-state index in [0.717, 1.165) is 5.56 Å². The molecule has 0 spiro atoms.